The molecule has 2 heterocycles. The number of carbonyl (C=O) groups is 1. The van der Waals surface area contributed by atoms with Crippen LogP contribution in [0.25, 0.3) is 0 Å². The van der Waals surface area contributed by atoms with E-state index in [1.54, 1.807) is 0 Å². The van der Waals surface area contributed by atoms with Crippen molar-refractivity contribution in [3.63, 3.8) is 0 Å². The Kier molecular flexibility index (Phi) is 4.76. The molecule has 0 radical (unpaired) electrons. The number of rotatable bonds is 4. The third-order valence-electron chi connectivity index (χ3n) is 4.02. The van der Waals surface area contributed by atoms with E-state index in [1.165, 1.54) is 25.9 Å². The van der Waals surface area contributed by atoms with Crippen molar-refractivity contribution in [3.05, 3.63) is 0 Å². The summed E-state index contributed by atoms with van der Waals surface area (Å²) in [5.74, 6) is 0. The Hall–Kier alpha value is -0.650. The molecule has 2 fully saturated rings. The summed E-state index contributed by atoms with van der Waals surface area (Å²) in [6.07, 6.45) is 3.48. The lowest BCUT2D eigenvalue weighted by molar-refractivity contribution is -0.120. The standard InChI is InChI=1S/C12H24N4O/c13-3-6-14-4-1-12(2-5-14)16-9-7-15(11-17)8-10-16/h11-12H,1-10,13H2. The highest BCUT2D eigenvalue weighted by molar-refractivity contribution is 5.47. The molecular weight excluding hydrogens is 216 g/mol. The van der Waals surface area contributed by atoms with Crippen LogP contribution in [0.15, 0.2) is 0 Å². The van der Waals surface area contributed by atoms with E-state index < -0.39 is 0 Å². The number of amides is 1. The van der Waals surface area contributed by atoms with Crippen LogP contribution in [-0.4, -0.2) is 79.5 Å². The van der Waals surface area contributed by atoms with E-state index >= 15 is 0 Å². The van der Waals surface area contributed by atoms with Crippen LogP contribution in [0.5, 0.6) is 0 Å². The lowest BCUT2D eigenvalue weighted by Crippen LogP contribution is -2.53. The van der Waals surface area contributed by atoms with Crippen molar-refractivity contribution in [2.75, 3.05) is 52.4 Å². The molecule has 0 spiro atoms. The number of carbonyl (C=O) groups excluding carboxylic acids is 1. The van der Waals surface area contributed by atoms with Gasteiger partial charge in [0.2, 0.25) is 6.41 Å². The Morgan fingerprint density at radius 1 is 1.06 bits per heavy atom. The minimum atomic E-state index is 0.720. The molecule has 2 aliphatic rings. The fourth-order valence-electron chi connectivity index (χ4n) is 2.90. The second kappa shape index (κ2) is 6.33. The summed E-state index contributed by atoms with van der Waals surface area (Å²) >= 11 is 0. The van der Waals surface area contributed by atoms with Gasteiger partial charge in [0.15, 0.2) is 0 Å². The number of hydrogen-bond acceptors (Lipinski definition) is 4. The van der Waals surface area contributed by atoms with E-state index in [1.807, 2.05) is 4.90 Å². The lowest BCUT2D eigenvalue weighted by Gasteiger charge is -2.42. The zero-order valence-corrected chi connectivity index (χ0v) is 10.6. The van der Waals surface area contributed by atoms with E-state index in [0.29, 0.717) is 0 Å². The quantitative estimate of drug-likeness (QED) is 0.653. The van der Waals surface area contributed by atoms with Crippen molar-refractivity contribution in [3.8, 4) is 0 Å². The number of nitrogens with zero attached hydrogens (tertiary/aromatic N) is 3. The average Bonchev–Trinajstić information content (AvgIpc) is 2.40. The van der Waals surface area contributed by atoms with Crippen LogP contribution in [0.4, 0.5) is 0 Å². The molecule has 2 N–H and O–H groups in total. The minimum Gasteiger partial charge on any atom is -0.343 e. The largest absolute Gasteiger partial charge is 0.343 e. The van der Waals surface area contributed by atoms with Gasteiger partial charge in [0.05, 0.1) is 0 Å². The number of piperazine rings is 1. The Bertz CT molecular complexity index is 233. The summed E-state index contributed by atoms with van der Waals surface area (Å²) in [5.41, 5.74) is 5.58. The van der Waals surface area contributed by atoms with Crippen LogP contribution in [0.3, 0.4) is 0 Å². The highest BCUT2D eigenvalue weighted by Crippen LogP contribution is 2.17. The van der Waals surface area contributed by atoms with Gasteiger partial charge in [-0.3, -0.25) is 9.69 Å². The molecule has 0 aliphatic carbocycles. The fraction of sp³-hybridized carbons (Fsp3) is 0.917. The summed E-state index contributed by atoms with van der Waals surface area (Å²) in [4.78, 5) is 17.5. The molecule has 98 valence electrons. The first-order valence-corrected chi connectivity index (χ1v) is 6.69. The zero-order valence-electron chi connectivity index (χ0n) is 10.6. The van der Waals surface area contributed by atoms with E-state index in [0.717, 1.165) is 51.7 Å². The van der Waals surface area contributed by atoms with E-state index in [4.69, 9.17) is 5.73 Å². The molecule has 0 atom stereocenters. The second-order valence-corrected chi connectivity index (χ2v) is 5.04. The Morgan fingerprint density at radius 3 is 2.24 bits per heavy atom. The molecule has 0 unspecified atom stereocenters. The molecule has 0 aromatic carbocycles. The predicted octanol–water partition coefficient (Wildman–Crippen LogP) is -0.816. The topological polar surface area (TPSA) is 52.8 Å². The van der Waals surface area contributed by atoms with Gasteiger partial charge in [-0.1, -0.05) is 0 Å². The maximum Gasteiger partial charge on any atom is 0.209 e. The second-order valence-electron chi connectivity index (χ2n) is 5.04. The molecule has 5 nitrogen and oxygen atoms in total. The van der Waals surface area contributed by atoms with E-state index in [9.17, 15) is 4.79 Å². The minimum absolute atomic E-state index is 0.720. The number of piperidine rings is 1. The third-order valence-corrected chi connectivity index (χ3v) is 4.02. The van der Waals surface area contributed by atoms with Crippen molar-refractivity contribution < 1.29 is 4.79 Å². The van der Waals surface area contributed by atoms with E-state index in [-0.39, 0.29) is 0 Å². The van der Waals surface area contributed by atoms with Gasteiger partial charge in [-0.2, -0.15) is 0 Å². The number of likely N-dealkylation sites (tertiary alicyclic amines) is 1. The normalized spacial score (nSPS) is 25.1. The van der Waals surface area contributed by atoms with Gasteiger partial charge >= 0.3 is 0 Å². The highest BCUT2D eigenvalue weighted by Gasteiger charge is 2.26. The predicted molar refractivity (Wildman–Crippen MR) is 67.7 cm³/mol. The molecule has 2 saturated heterocycles. The Morgan fingerprint density at radius 2 is 1.71 bits per heavy atom. The molecule has 2 rings (SSSR count). The van der Waals surface area contributed by atoms with Gasteiger partial charge in [-0.25, -0.2) is 0 Å². The lowest BCUT2D eigenvalue weighted by atomic mass is 10.0. The fourth-order valence-corrected chi connectivity index (χ4v) is 2.90. The van der Waals surface area contributed by atoms with Crippen LogP contribution in [-0.2, 0) is 4.79 Å². The van der Waals surface area contributed by atoms with Crippen LogP contribution in [0, 0.1) is 0 Å². The molecule has 2 aliphatic heterocycles. The van der Waals surface area contributed by atoms with Crippen molar-refractivity contribution in [2.45, 2.75) is 18.9 Å². The van der Waals surface area contributed by atoms with Crippen LogP contribution in [0.1, 0.15) is 12.8 Å². The van der Waals surface area contributed by atoms with Crippen LogP contribution >= 0.6 is 0 Å². The zero-order chi connectivity index (χ0) is 12.1. The average molecular weight is 240 g/mol. The molecule has 0 saturated carbocycles. The first-order valence-electron chi connectivity index (χ1n) is 6.69. The van der Waals surface area contributed by atoms with Gasteiger partial charge in [0.25, 0.3) is 0 Å². The van der Waals surface area contributed by atoms with Crippen LogP contribution in [0.2, 0.25) is 0 Å². The summed E-state index contributed by atoms with van der Waals surface area (Å²) in [5, 5.41) is 0. The summed E-state index contributed by atoms with van der Waals surface area (Å²) < 4.78 is 0. The van der Waals surface area contributed by atoms with Crippen molar-refractivity contribution >= 4 is 6.41 Å². The van der Waals surface area contributed by atoms with Crippen molar-refractivity contribution in [2.24, 2.45) is 5.73 Å². The molecule has 5 heteroatoms. The molecule has 0 aromatic heterocycles. The molecule has 17 heavy (non-hydrogen) atoms. The third kappa shape index (κ3) is 3.40. The maximum atomic E-state index is 10.6. The summed E-state index contributed by atoms with van der Waals surface area (Å²) in [7, 11) is 0. The maximum absolute atomic E-state index is 10.6. The SMILES string of the molecule is NCCN1CCC(N2CCN(C=O)CC2)CC1. The van der Waals surface area contributed by atoms with Crippen molar-refractivity contribution in [1.29, 1.82) is 0 Å². The molecule has 0 aromatic rings. The monoisotopic (exact) mass is 240 g/mol. The van der Waals surface area contributed by atoms with Crippen molar-refractivity contribution in [1.82, 2.24) is 14.7 Å². The smallest absolute Gasteiger partial charge is 0.209 e. The molecule has 1 amide bonds. The van der Waals surface area contributed by atoms with Gasteiger partial charge in [-0.15, -0.1) is 0 Å². The molecular formula is C12H24N4O. The Balaban J connectivity index is 1.72. The number of hydrogen-bond donors (Lipinski definition) is 1. The van der Waals surface area contributed by atoms with Gasteiger partial charge in [0.1, 0.15) is 0 Å². The van der Waals surface area contributed by atoms with E-state index in [2.05, 4.69) is 9.80 Å². The van der Waals surface area contributed by atoms with Crippen LogP contribution < -0.4 is 5.73 Å². The Labute approximate surface area is 104 Å². The molecule has 0 bridgehead atoms. The summed E-state index contributed by atoms with van der Waals surface area (Å²) in [6.45, 7) is 8.03. The first-order chi connectivity index (χ1) is 8.33. The highest BCUT2D eigenvalue weighted by atomic mass is 16.1. The number of nitrogens with two attached hydrogens (primary N) is 1. The summed E-state index contributed by atoms with van der Waals surface area (Å²) in [6, 6.07) is 0.720. The first kappa shape index (κ1) is 12.8. The van der Waals surface area contributed by atoms with Gasteiger partial charge < -0.3 is 15.5 Å². The van der Waals surface area contributed by atoms with Gasteiger partial charge in [-0.05, 0) is 25.9 Å². The van der Waals surface area contributed by atoms with Gasteiger partial charge in [0, 0.05) is 45.3 Å².